The van der Waals surface area contributed by atoms with Gasteiger partial charge >= 0.3 is 0 Å². The topological polar surface area (TPSA) is 95.6 Å². The first-order valence-electron chi connectivity index (χ1n) is 9.09. The van der Waals surface area contributed by atoms with Gasteiger partial charge in [-0.05, 0) is 48.9 Å². The smallest absolute Gasteiger partial charge is 0.257 e. The van der Waals surface area contributed by atoms with Crippen molar-refractivity contribution in [1.29, 1.82) is 0 Å². The summed E-state index contributed by atoms with van der Waals surface area (Å²) >= 11 is 6.15. The Balaban J connectivity index is 2.32. The predicted molar refractivity (Wildman–Crippen MR) is 115 cm³/mol. The third-order valence-electron chi connectivity index (χ3n) is 4.32. The summed E-state index contributed by atoms with van der Waals surface area (Å²) in [5.74, 6) is -0.721. The zero-order valence-corrected chi connectivity index (χ0v) is 18.3. The van der Waals surface area contributed by atoms with Crippen molar-refractivity contribution in [3.63, 3.8) is 0 Å². The fourth-order valence-corrected chi connectivity index (χ4v) is 4.51. The summed E-state index contributed by atoms with van der Waals surface area (Å²) in [6, 6.07) is 9.09. The molecule has 2 amide bonds. The SMILES string of the molecule is CCN(CC)S(=O)(=O)c1ccc(Cl)c(C(=O)Nc2ccc(NC(C)=O)c(C)c2)c1. The molecule has 29 heavy (non-hydrogen) atoms. The largest absolute Gasteiger partial charge is 0.326 e. The number of aryl methyl sites for hydroxylation is 1. The molecular formula is C20H24ClN3O4S. The second-order valence-electron chi connectivity index (χ2n) is 6.40. The lowest BCUT2D eigenvalue weighted by atomic mass is 10.1. The van der Waals surface area contributed by atoms with Crippen LogP contribution < -0.4 is 10.6 Å². The van der Waals surface area contributed by atoms with Crippen LogP contribution in [0, 0.1) is 6.92 Å². The van der Waals surface area contributed by atoms with Crippen LogP contribution in [0.15, 0.2) is 41.3 Å². The number of hydrogen-bond acceptors (Lipinski definition) is 4. The van der Waals surface area contributed by atoms with E-state index in [0.717, 1.165) is 5.56 Å². The average Bonchev–Trinajstić information content (AvgIpc) is 2.64. The maximum absolute atomic E-state index is 12.7. The van der Waals surface area contributed by atoms with Crippen LogP contribution in [-0.2, 0) is 14.8 Å². The van der Waals surface area contributed by atoms with E-state index in [2.05, 4.69) is 10.6 Å². The summed E-state index contributed by atoms with van der Waals surface area (Å²) in [6.45, 7) is 7.35. The molecular weight excluding hydrogens is 414 g/mol. The highest BCUT2D eigenvalue weighted by atomic mass is 35.5. The molecule has 7 nitrogen and oxygen atoms in total. The highest BCUT2D eigenvalue weighted by molar-refractivity contribution is 7.89. The van der Waals surface area contributed by atoms with Crippen LogP contribution >= 0.6 is 11.6 Å². The lowest BCUT2D eigenvalue weighted by Crippen LogP contribution is -2.30. The van der Waals surface area contributed by atoms with E-state index in [1.54, 1.807) is 39.0 Å². The van der Waals surface area contributed by atoms with Gasteiger partial charge in [-0.1, -0.05) is 25.4 Å². The summed E-state index contributed by atoms with van der Waals surface area (Å²) < 4.78 is 26.8. The Hall–Kier alpha value is -2.42. The Morgan fingerprint density at radius 1 is 1.03 bits per heavy atom. The first kappa shape index (κ1) is 22.9. The van der Waals surface area contributed by atoms with Crippen molar-refractivity contribution in [2.45, 2.75) is 32.6 Å². The van der Waals surface area contributed by atoms with Crippen LogP contribution in [0.1, 0.15) is 36.7 Å². The number of halogens is 1. The Morgan fingerprint density at radius 3 is 2.24 bits per heavy atom. The Kier molecular flexibility index (Phi) is 7.40. The number of nitrogens with one attached hydrogen (secondary N) is 2. The van der Waals surface area contributed by atoms with Crippen LogP contribution in [0.5, 0.6) is 0 Å². The first-order valence-corrected chi connectivity index (χ1v) is 10.9. The Morgan fingerprint density at radius 2 is 1.69 bits per heavy atom. The molecule has 0 aromatic heterocycles. The molecule has 0 saturated heterocycles. The Labute approximate surface area is 176 Å². The van der Waals surface area contributed by atoms with Gasteiger partial charge in [-0.3, -0.25) is 9.59 Å². The van der Waals surface area contributed by atoms with Gasteiger partial charge in [0.2, 0.25) is 15.9 Å². The van der Waals surface area contributed by atoms with Crippen molar-refractivity contribution in [1.82, 2.24) is 4.31 Å². The number of carbonyl (C=O) groups excluding carboxylic acids is 2. The first-order chi connectivity index (χ1) is 13.6. The minimum atomic E-state index is -3.72. The van der Waals surface area contributed by atoms with Gasteiger partial charge < -0.3 is 10.6 Å². The van der Waals surface area contributed by atoms with Gasteiger partial charge in [0.15, 0.2) is 0 Å². The van der Waals surface area contributed by atoms with Gasteiger partial charge in [0.05, 0.1) is 15.5 Å². The second-order valence-corrected chi connectivity index (χ2v) is 8.74. The highest BCUT2D eigenvalue weighted by Crippen LogP contribution is 2.25. The van der Waals surface area contributed by atoms with E-state index in [1.165, 1.54) is 29.4 Å². The molecule has 2 aromatic carbocycles. The van der Waals surface area contributed by atoms with Gasteiger partial charge in [-0.15, -0.1) is 0 Å². The van der Waals surface area contributed by atoms with E-state index >= 15 is 0 Å². The van der Waals surface area contributed by atoms with Crippen LogP contribution in [0.3, 0.4) is 0 Å². The van der Waals surface area contributed by atoms with Crippen molar-refractivity contribution in [2.75, 3.05) is 23.7 Å². The lowest BCUT2D eigenvalue weighted by Gasteiger charge is -2.19. The van der Waals surface area contributed by atoms with E-state index in [1.807, 2.05) is 0 Å². The maximum Gasteiger partial charge on any atom is 0.257 e. The number of nitrogens with zero attached hydrogens (tertiary/aromatic N) is 1. The summed E-state index contributed by atoms with van der Waals surface area (Å²) in [6.07, 6.45) is 0. The van der Waals surface area contributed by atoms with Gasteiger partial charge in [-0.25, -0.2) is 8.42 Å². The number of rotatable bonds is 7. The molecule has 2 aromatic rings. The summed E-state index contributed by atoms with van der Waals surface area (Å²) in [4.78, 5) is 23.9. The summed E-state index contributed by atoms with van der Waals surface area (Å²) in [5, 5.41) is 5.55. The van der Waals surface area contributed by atoms with E-state index < -0.39 is 15.9 Å². The third kappa shape index (κ3) is 5.35. The third-order valence-corrected chi connectivity index (χ3v) is 6.70. The summed E-state index contributed by atoms with van der Waals surface area (Å²) in [7, 11) is -3.72. The van der Waals surface area contributed by atoms with E-state index in [-0.39, 0.29) is 21.4 Å². The van der Waals surface area contributed by atoms with E-state index in [9.17, 15) is 18.0 Å². The molecule has 0 aliphatic heterocycles. The van der Waals surface area contributed by atoms with Crippen molar-refractivity contribution in [3.8, 4) is 0 Å². The fourth-order valence-electron chi connectivity index (χ4n) is 2.82. The number of hydrogen-bond donors (Lipinski definition) is 2. The second kappa shape index (κ2) is 9.39. The van der Waals surface area contributed by atoms with Crippen molar-refractivity contribution >= 4 is 44.8 Å². The molecule has 0 atom stereocenters. The standard InChI is InChI=1S/C20H24ClN3O4S/c1-5-24(6-2)29(27,28)16-8-9-18(21)17(12-16)20(26)23-15-7-10-19(13(3)11-15)22-14(4)25/h7-12H,5-6H2,1-4H3,(H,22,25)(H,23,26). The van der Waals surface area contributed by atoms with Crippen molar-refractivity contribution in [2.24, 2.45) is 0 Å². The average molecular weight is 438 g/mol. The van der Waals surface area contributed by atoms with Crippen LogP contribution in [-0.4, -0.2) is 37.6 Å². The van der Waals surface area contributed by atoms with Crippen molar-refractivity contribution < 1.29 is 18.0 Å². The predicted octanol–water partition coefficient (Wildman–Crippen LogP) is 3.89. The number of benzene rings is 2. The quantitative estimate of drug-likeness (QED) is 0.686. The molecule has 9 heteroatoms. The van der Waals surface area contributed by atoms with Crippen LogP contribution in [0.2, 0.25) is 5.02 Å². The molecule has 0 aliphatic rings. The molecule has 0 heterocycles. The lowest BCUT2D eigenvalue weighted by molar-refractivity contribution is -0.114. The molecule has 0 radical (unpaired) electrons. The van der Waals surface area contributed by atoms with Crippen LogP contribution in [0.4, 0.5) is 11.4 Å². The number of carbonyl (C=O) groups is 2. The van der Waals surface area contributed by atoms with Gasteiger partial charge in [0, 0.05) is 31.4 Å². The number of anilines is 2. The number of amides is 2. The Bertz CT molecular complexity index is 1030. The van der Waals surface area contributed by atoms with E-state index in [0.29, 0.717) is 24.5 Å². The monoisotopic (exact) mass is 437 g/mol. The molecule has 156 valence electrons. The normalized spacial score (nSPS) is 11.4. The molecule has 0 fully saturated rings. The molecule has 0 unspecified atom stereocenters. The van der Waals surface area contributed by atoms with Gasteiger partial charge in [0.25, 0.3) is 5.91 Å². The molecule has 0 spiro atoms. The molecule has 2 rings (SSSR count). The number of sulfonamides is 1. The fraction of sp³-hybridized carbons (Fsp3) is 0.300. The molecule has 0 aliphatic carbocycles. The van der Waals surface area contributed by atoms with Crippen molar-refractivity contribution in [3.05, 3.63) is 52.5 Å². The molecule has 2 N–H and O–H groups in total. The zero-order valence-electron chi connectivity index (χ0n) is 16.7. The van der Waals surface area contributed by atoms with Crippen LogP contribution in [0.25, 0.3) is 0 Å². The summed E-state index contributed by atoms with van der Waals surface area (Å²) in [5.41, 5.74) is 1.96. The minimum Gasteiger partial charge on any atom is -0.326 e. The van der Waals surface area contributed by atoms with Gasteiger partial charge in [0.1, 0.15) is 0 Å². The van der Waals surface area contributed by atoms with E-state index in [4.69, 9.17) is 11.6 Å². The zero-order chi connectivity index (χ0) is 21.8. The minimum absolute atomic E-state index is 0.00735. The maximum atomic E-state index is 12.7. The highest BCUT2D eigenvalue weighted by Gasteiger charge is 2.24. The van der Waals surface area contributed by atoms with Gasteiger partial charge in [-0.2, -0.15) is 4.31 Å². The molecule has 0 saturated carbocycles. The molecule has 0 bridgehead atoms.